The Morgan fingerprint density at radius 1 is 0.339 bits per heavy atom. The van der Waals surface area contributed by atoms with Gasteiger partial charge in [-0.25, -0.2) is 0 Å². The molecule has 0 N–H and O–H groups in total. The molecule has 1 aliphatic carbocycles. The Bertz CT molecular complexity index is 3140. The first-order chi connectivity index (χ1) is 29.0. The number of nitrogens with zero attached hydrogens (tertiary/aromatic N) is 1. The average Bonchev–Trinajstić information content (AvgIpc) is 3.79. The van der Waals surface area contributed by atoms with Gasteiger partial charge in [0.25, 0.3) is 0 Å². The molecule has 10 aromatic rings. The molecule has 1 aliphatic rings. The molecule has 0 amide bonds. The predicted octanol–water partition coefficient (Wildman–Crippen LogP) is 16.0. The van der Waals surface area contributed by atoms with E-state index in [1.54, 1.807) is 0 Å². The summed E-state index contributed by atoms with van der Waals surface area (Å²) in [5, 5.41) is 2.24. The molecular formula is C57H41NO. The Labute approximate surface area is 345 Å². The van der Waals surface area contributed by atoms with Crippen molar-refractivity contribution in [2.75, 3.05) is 4.90 Å². The lowest BCUT2D eigenvalue weighted by Gasteiger charge is -2.28. The van der Waals surface area contributed by atoms with Crippen LogP contribution in [-0.4, -0.2) is 0 Å². The van der Waals surface area contributed by atoms with Gasteiger partial charge in [-0.2, -0.15) is 0 Å². The van der Waals surface area contributed by atoms with E-state index in [1.807, 2.05) is 6.07 Å². The van der Waals surface area contributed by atoms with E-state index in [4.69, 9.17) is 4.42 Å². The van der Waals surface area contributed by atoms with Crippen LogP contribution in [0.5, 0.6) is 0 Å². The molecule has 0 atom stereocenters. The van der Waals surface area contributed by atoms with Gasteiger partial charge in [0.1, 0.15) is 11.2 Å². The van der Waals surface area contributed by atoms with Gasteiger partial charge < -0.3 is 9.32 Å². The van der Waals surface area contributed by atoms with Crippen molar-refractivity contribution in [2.24, 2.45) is 0 Å². The van der Waals surface area contributed by atoms with Gasteiger partial charge in [0.15, 0.2) is 0 Å². The minimum atomic E-state index is -0.107. The summed E-state index contributed by atoms with van der Waals surface area (Å²) < 4.78 is 6.59. The van der Waals surface area contributed by atoms with E-state index in [2.05, 4.69) is 225 Å². The highest BCUT2D eigenvalue weighted by molar-refractivity contribution is 6.11. The van der Waals surface area contributed by atoms with Crippen LogP contribution in [0.25, 0.3) is 77.6 Å². The van der Waals surface area contributed by atoms with Gasteiger partial charge in [0.2, 0.25) is 0 Å². The summed E-state index contributed by atoms with van der Waals surface area (Å²) in [4.78, 5) is 2.39. The Balaban J connectivity index is 1.02. The predicted molar refractivity (Wildman–Crippen MR) is 248 cm³/mol. The SMILES string of the molecule is CC1(C)c2ccccc2-c2ccc(N(c3ccc(-c4ccccc4)cc3)c3ccc(-c4cc(-c5ccc(-c6ccccc6)cc5)c5oc6ccccc6c5c4)cc3)cc21. The Hall–Kier alpha value is -7.42. The highest BCUT2D eigenvalue weighted by Gasteiger charge is 2.35. The quantitative estimate of drug-likeness (QED) is 0.161. The first-order valence-corrected chi connectivity index (χ1v) is 20.4. The van der Waals surface area contributed by atoms with Crippen molar-refractivity contribution in [2.45, 2.75) is 19.3 Å². The molecule has 0 unspecified atom stereocenters. The van der Waals surface area contributed by atoms with Crippen molar-refractivity contribution in [1.82, 2.24) is 0 Å². The number of benzene rings is 9. The van der Waals surface area contributed by atoms with Crippen LogP contribution in [0.15, 0.2) is 217 Å². The van der Waals surface area contributed by atoms with E-state index in [1.165, 1.54) is 44.5 Å². The fourth-order valence-electron chi connectivity index (χ4n) is 9.20. The molecule has 0 radical (unpaired) electrons. The third-order valence-corrected chi connectivity index (χ3v) is 12.3. The molecule has 11 rings (SSSR count). The number of furan rings is 1. The van der Waals surface area contributed by atoms with Crippen LogP contribution in [0.2, 0.25) is 0 Å². The summed E-state index contributed by atoms with van der Waals surface area (Å²) in [5.41, 5.74) is 19.7. The number of rotatable bonds is 7. The van der Waals surface area contributed by atoms with Crippen molar-refractivity contribution < 1.29 is 4.42 Å². The van der Waals surface area contributed by atoms with Gasteiger partial charge in [-0.1, -0.05) is 172 Å². The molecule has 2 heteroatoms. The average molecular weight is 756 g/mol. The van der Waals surface area contributed by atoms with E-state index < -0.39 is 0 Å². The summed E-state index contributed by atoms with van der Waals surface area (Å²) >= 11 is 0. The van der Waals surface area contributed by atoms with E-state index in [0.717, 1.165) is 61.3 Å². The van der Waals surface area contributed by atoms with Crippen LogP contribution in [0.1, 0.15) is 25.0 Å². The summed E-state index contributed by atoms with van der Waals surface area (Å²) in [5.74, 6) is 0. The van der Waals surface area contributed by atoms with Crippen molar-refractivity contribution in [3.05, 3.63) is 223 Å². The summed E-state index contributed by atoms with van der Waals surface area (Å²) in [6.07, 6.45) is 0. The lowest BCUT2D eigenvalue weighted by molar-refractivity contribution is 0.660. The lowest BCUT2D eigenvalue weighted by atomic mass is 9.82. The Morgan fingerprint density at radius 2 is 0.831 bits per heavy atom. The van der Waals surface area contributed by atoms with Gasteiger partial charge in [-0.15, -0.1) is 0 Å². The van der Waals surface area contributed by atoms with Crippen molar-refractivity contribution >= 4 is 39.0 Å². The van der Waals surface area contributed by atoms with Crippen LogP contribution in [0.3, 0.4) is 0 Å². The maximum Gasteiger partial charge on any atom is 0.143 e. The summed E-state index contributed by atoms with van der Waals surface area (Å²) in [7, 11) is 0. The molecule has 0 aliphatic heterocycles. The van der Waals surface area contributed by atoms with Crippen LogP contribution in [-0.2, 0) is 5.41 Å². The number of anilines is 3. The maximum atomic E-state index is 6.59. The monoisotopic (exact) mass is 755 g/mol. The molecule has 59 heavy (non-hydrogen) atoms. The zero-order chi connectivity index (χ0) is 39.5. The highest BCUT2D eigenvalue weighted by atomic mass is 16.3. The lowest BCUT2D eigenvalue weighted by Crippen LogP contribution is -2.16. The Kier molecular flexibility index (Phi) is 8.20. The minimum absolute atomic E-state index is 0.107. The van der Waals surface area contributed by atoms with Gasteiger partial charge in [0.05, 0.1) is 0 Å². The number of hydrogen-bond acceptors (Lipinski definition) is 2. The normalized spacial score (nSPS) is 12.7. The molecule has 0 bridgehead atoms. The summed E-state index contributed by atoms with van der Waals surface area (Å²) in [6, 6.07) is 76.8. The number of hydrogen-bond donors (Lipinski definition) is 0. The van der Waals surface area contributed by atoms with E-state index in [-0.39, 0.29) is 5.41 Å². The minimum Gasteiger partial charge on any atom is -0.455 e. The molecule has 0 saturated heterocycles. The molecule has 0 saturated carbocycles. The standard InChI is InChI=1S/C57H41NO/c1-57(2)53-19-11-9-17-48(53)49-34-33-47(37-54(49)57)58(45-29-25-41(26-30-45)39-15-7-4-8-16-39)46-31-27-42(28-32-46)44-35-51(56-52(36-44)50-18-10-12-20-55(50)59-56)43-23-21-40(22-24-43)38-13-5-3-6-14-38/h3-37H,1-2H3. The highest BCUT2D eigenvalue weighted by Crippen LogP contribution is 2.51. The molecule has 0 fully saturated rings. The van der Waals surface area contributed by atoms with Gasteiger partial charge in [0, 0.05) is 38.8 Å². The van der Waals surface area contributed by atoms with Crippen LogP contribution < -0.4 is 4.90 Å². The van der Waals surface area contributed by atoms with Crippen LogP contribution in [0.4, 0.5) is 17.1 Å². The second-order valence-corrected chi connectivity index (χ2v) is 16.1. The zero-order valence-corrected chi connectivity index (χ0v) is 33.1. The smallest absolute Gasteiger partial charge is 0.143 e. The number of para-hydroxylation sites is 1. The topological polar surface area (TPSA) is 16.4 Å². The van der Waals surface area contributed by atoms with Crippen LogP contribution >= 0.6 is 0 Å². The first-order valence-electron chi connectivity index (χ1n) is 20.4. The largest absolute Gasteiger partial charge is 0.455 e. The first kappa shape index (κ1) is 34.8. The van der Waals surface area contributed by atoms with Crippen molar-refractivity contribution in [1.29, 1.82) is 0 Å². The van der Waals surface area contributed by atoms with E-state index >= 15 is 0 Å². The van der Waals surface area contributed by atoms with Crippen molar-refractivity contribution in [3.63, 3.8) is 0 Å². The van der Waals surface area contributed by atoms with Gasteiger partial charge >= 0.3 is 0 Å². The molecule has 0 spiro atoms. The van der Waals surface area contributed by atoms with Crippen molar-refractivity contribution in [3.8, 4) is 55.6 Å². The molecule has 1 aromatic heterocycles. The molecule has 9 aromatic carbocycles. The van der Waals surface area contributed by atoms with Gasteiger partial charge in [-0.05, 0) is 116 Å². The van der Waals surface area contributed by atoms with E-state index in [9.17, 15) is 0 Å². The molecule has 1 heterocycles. The molecule has 280 valence electrons. The second kappa shape index (κ2) is 13.9. The molecular weight excluding hydrogens is 715 g/mol. The zero-order valence-electron chi connectivity index (χ0n) is 33.1. The second-order valence-electron chi connectivity index (χ2n) is 16.1. The number of fused-ring (bicyclic) bond motifs is 6. The fraction of sp³-hybridized carbons (Fsp3) is 0.0526. The van der Waals surface area contributed by atoms with Gasteiger partial charge in [-0.3, -0.25) is 0 Å². The summed E-state index contributed by atoms with van der Waals surface area (Å²) in [6.45, 7) is 4.70. The van der Waals surface area contributed by atoms with E-state index in [0.29, 0.717) is 0 Å². The third kappa shape index (κ3) is 5.96. The third-order valence-electron chi connectivity index (χ3n) is 12.3. The fourth-order valence-corrected chi connectivity index (χ4v) is 9.20. The Morgan fingerprint density at radius 3 is 1.49 bits per heavy atom. The van der Waals surface area contributed by atoms with Crippen LogP contribution in [0, 0.1) is 0 Å². The maximum absolute atomic E-state index is 6.59. The molecule has 2 nitrogen and oxygen atoms in total.